The molecule has 15 heavy (non-hydrogen) atoms. The molecule has 1 N–H and O–H groups in total. The van der Waals surface area contributed by atoms with Crippen molar-refractivity contribution in [2.24, 2.45) is 0 Å². The van der Waals surface area contributed by atoms with Gasteiger partial charge in [0.05, 0.1) is 12.2 Å². The summed E-state index contributed by atoms with van der Waals surface area (Å²) in [6, 6.07) is 6.58. The van der Waals surface area contributed by atoms with Crippen molar-refractivity contribution in [1.29, 1.82) is 0 Å². The van der Waals surface area contributed by atoms with Crippen molar-refractivity contribution in [2.45, 2.75) is 26.2 Å². The number of hydrogen-bond acceptors (Lipinski definition) is 2. The van der Waals surface area contributed by atoms with Gasteiger partial charge in [-0.05, 0) is 24.6 Å². The second-order valence-electron chi connectivity index (χ2n) is 3.39. The molecule has 0 aliphatic carbocycles. The van der Waals surface area contributed by atoms with Crippen LogP contribution in [0.2, 0.25) is 0 Å². The van der Waals surface area contributed by atoms with Crippen molar-refractivity contribution in [3.8, 4) is 5.75 Å². The van der Waals surface area contributed by atoms with E-state index in [0.717, 1.165) is 19.3 Å². The van der Waals surface area contributed by atoms with Crippen LogP contribution in [0.3, 0.4) is 0 Å². The van der Waals surface area contributed by atoms with E-state index in [1.807, 2.05) is 0 Å². The Kier molecular flexibility index (Phi) is 4.68. The van der Waals surface area contributed by atoms with Crippen LogP contribution in [-0.2, 0) is 0 Å². The van der Waals surface area contributed by atoms with Gasteiger partial charge >= 0.3 is 5.97 Å². The maximum atomic E-state index is 10.7. The summed E-state index contributed by atoms with van der Waals surface area (Å²) in [7, 11) is 0. The third kappa shape index (κ3) is 4.02. The standard InChI is InChI=1S/C12H16O3/c1-2-3-4-8-15-11-7-5-6-10(9-11)12(13)14/h5-7,9H,2-4,8H2,1H3,(H,13,14). The van der Waals surface area contributed by atoms with Crippen LogP contribution in [0.25, 0.3) is 0 Å². The number of rotatable bonds is 6. The minimum Gasteiger partial charge on any atom is -0.494 e. The van der Waals surface area contributed by atoms with Gasteiger partial charge in [0.1, 0.15) is 5.75 Å². The highest BCUT2D eigenvalue weighted by Crippen LogP contribution is 2.13. The Bertz CT molecular complexity index is 320. The third-order valence-electron chi connectivity index (χ3n) is 2.10. The van der Waals surface area contributed by atoms with Gasteiger partial charge in [0.25, 0.3) is 0 Å². The smallest absolute Gasteiger partial charge is 0.335 e. The van der Waals surface area contributed by atoms with Crippen LogP contribution in [0.1, 0.15) is 36.5 Å². The van der Waals surface area contributed by atoms with Crippen LogP contribution >= 0.6 is 0 Å². The van der Waals surface area contributed by atoms with Gasteiger partial charge in [-0.25, -0.2) is 4.79 Å². The summed E-state index contributed by atoms with van der Waals surface area (Å²) < 4.78 is 5.44. The monoisotopic (exact) mass is 208 g/mol. The van der Waals surface area contributed by atoms with E-state index >= 15 is 0 Å². The highest BCUT2D eigenvalue weighted by Gasteiger charge is 2.03. The van der Waals surface area contributed by atoms with Crippen molar-refractivity contribution in [3.05, 3.63) is 29.8 Å². The Morgan fingerprint density at radius 2 is 2.20 bits per heavy atom. The first-order valence-electron chi connectivity index (χ1n) is 5.20. The number of carbonyl (C=O) groups is 1. The second kappa shape index (κ2) is 6.06. The quantitative estimate of drug-likeness (QED) is 0.731. The van der Waals surface area contributed by atoms with Gasteiger partial charge in [-0.2, -0.15) is 0 Å². The molecule has 0 fully saturated rings. The first-order chi connectivity index (χ1) is 7.24. The van der Waals surface area contributed by atoms with E-state index in [-0.39, 0.29) is 5.56 Å². The minimum atomic E-state index is -0.922. The number of carboxylic acids is 1. The van der Waals surface area contributed by atoms with E-state index in [1.54, 1.807) is 24.3 Å². The normalized spacial score (nSPS) is 9.93. The van der Waals surface area contributed by atoms with E-state index < -0.39 is 5.97 Å². The molecule has 0 amide bonds. The molecule has 3 heteroatoms. The molecule has 0 heterocycles. The van der Waals surface area contributed by atoms with Gasteiger partial charge in [-0.1, -0.05) is 25.8 Å². The fourth-order valence-corrected chi connectivity index (χ4v) is 1.26. The van der Waals surface area contributed by atoms with E-state index in [9.17, 15) is 4.79 Å². The molecule has 3 nitrogen and oxygen atoms in total. The molecule has 1 aromatic rings. The summed E-state index contributed by atoms with van der Waals surface area (Å²) >= 11 is 0. The summed E-state index contributed by atoms with van der Waals surface area (Å²) in [5, 5.41) is 8.76. The van der Waals surface area contributed by atoms with Crippen molar-refractivity contribution < 1.29 is 14.6 Å². The van der Waals surface area contributed by atoms with Crippen LogP contribution < -0.4 is 4.74 Å². The van der Waals surface area contributed by atoms with Crippen LogP contribution in [0, 0.1) is 0 Å². The molecule has 1 aromatic carbocycles. The van der Waals surface area contributed by atoms with Crippen molar-refractivity contribution in [3.63, 3.8) is 0 Å². The lowest BCUT2D eigenvalue weighted by Crippen LogP contribution is -2.00. The Labute approximate surface area is 89.7 Å². The predicted octanol–water partition coefficient (Wildman–Crippen LogP) is 2.95. The number of carboxylic acid groups (broad SMARTS) is 1. The summed E-state index contributed by atoms with van der Waals surface area (Å²) in [5.74, 6) is -0.292. The highest BCUT2D eigenvalue weighted by atomic mass is 16.5. The molecule has 82 valence electrons. The van der Waals surface area contributed by atoms with Crippen molar-refractivity contribution in [2.75, 3.05) is 6.61 Å². The maximum Gasteiger partial charge on any atom is 0.335 e. The zero-order valence-corrected chi connectivity index (χ0v) is 8.90. The number of benzene rings is 1. The SMILES string of the molecule is CCCCCOc1cccc(C(=O)O)c1. The Morgan fingerprint density at radius 1 is 1.40 bits per heavy atom. The van der Waals surface area contributed by atoms with Gasteiger partial charge in [0.2, 0.25) is 0 Å². The molecule has 0 aromatic heterocycles. The molecule has 0 radical (unpaired) electrons. The summed E-state index contributed by atoms with van der Waals surface area (Å²) in [5.41, 5.74) is 0.267. The number of hydrogen-bond donors (Lipinski definition) is 1. The molecule has 0 saturated carbocycles. The Morgan fingerprint density at radius 3 is 2.87 bits per heavy atom. The average Bonchev–Trinajstić information content (AvgIpc) is 2.25. The zero-order chi connectivity index (χ0) is 11.1. The largest absolute Gasteiger partial charge is 0.494 e. The molecule has 0 spiro atoms. The van der Waals surface area contributed by atoms with Gasteiger partial charge in [-0.3, -0.25) is 0 Å². The van der Waals surface area contributed by atoms with E-state index in [0.29, 0.717) is 12.4 Å². The van der Waals surface area contributed by atoms with E-state index in [1.165, 1.54) is 0 Å². The second-order valence-corrected chi connectivity index (χ2v) is 3.39. The zero-order valence-electron chi connectivity index (χ0n) is 8.90. The fraction of sp³-hybridized carbons (Fsp3) is 0.417. The van der Waals surface area contributed by atoms with Crippen molar-refractivity contribution >= 4 is 5.97 Å². The lowest BCUT2D eigenvalue weighted by atomic mass is 10.2. The summed E-state index contributed by atoms with van der Waals surface area (Å²) in [6.45, 7) is 2.78. The molecule has 0 unspecified atom stereocenters. The number of aromatic carboxylic acids is 1. The van der Waals surface area contributed by atoms with Gasteiger partial charge < -0.3 is 9.84 Å². The predicted molar refractivity (Wildman–Crippen MR) is 58.4 cm³/mol. The van der Waals surface area contributed by atoms with Crippen LogP contribution in [0.5, 0.6) is 5.75 Å². The summed E-state index contributed by atoms with van der Waals surface area (Å²) in [4.78, 5) is 10.7. The fourth-order valence-electron chi connectivity index (χ4n) is 1.26. The highest BCUT2D eigenvalue weighted by molar-refractivity contribution is 5.87. The van der Waals surface area contributed by atoms with Crippen molar-refractivity contribution in [1.82, 2.24) is 0 Å². The summed E-state index contributed by atoms with van der Waals surface area (Å²) in [6.07, 6.45) is 3.30. The first kappa shape index (κ1) is 11.6. The maximum absolute atomic E-state index is 10.7. The molecule has 0 saturated heterocycles. The Hall–Kier alpha value is -1.51. The molecular weight excluding hydrogens is 192 g/mol. The van der Waals surface area contributed by atoms with Crippen LogP contribution in [-0.4, -0.2) is 17.7 Å². The number of unbranched alkanes of at least 4 members (excludes halogenated alkanes) is 2. The lowest BCUT2D eigenvalue weighted by Gasteiger charge is -2.05. The minimum absolute atomic E-state index is 0.267. The molecule has 0 aliphatic heterocycles. The topological polar surface area (TPSA) is 46.5 Å². The van der Waals surface area contributed by atoms with Crippen LogP contribution in [0.15, 0.2) is 24.3 Å². The van der Waals surface area contributed by atoms with Gasteiger partial charge in [-0.15, -0.1) is 0 Å². The molecular formula is C12H16O3. The molecule has 0 bridgehead atoms. The third-order valence-corrected chi connectivity index (χ3v) is 2.10. The van der Waals surface area contributed by atoms with Gasteiger partial charge in [0, 0.05) is 0 Å². The molecule has 1 rings (SSSR count). The lowest BCUT2D eigenvalue weighted by molar-refractivity contribution is 0.0696. The van der Waals surface area contributed by atoms with E-state index in [4.69, 9.17) is 9.84 Å². The van der Waals surface area contributed by atoms with E-state index in [2.05, 4.69) is 6.92 Å². The van der Waals surface area contributed by atoms with Gasteiger partial charge in [0.15, 0.2) is 0 Å². The first-order valence-corrected chi connectivity index (χ1v) is 5.20. The average molecular weight is 208 g/mol. The molecule has 0 aliphatic rings. The Balaban J connectivity index is 2.47. The molecule has 0 atom stereocenters. The van der Waals surface area contributed by atoms with Crippen LogP contribution in [0.4, 0.5) is 0 Å². The number of ether oxygens (including phenoxy) is 1.